The quantitative estimate of drug-likeness (QED) is 0.617. The molecule has 2 aromatic rings. The van der Waals surface area contributed by atoms with Gasteiger partial charge in [-0.25, -0.2) is 0 Å². The molecule has 2 atom stereocenters. The molecule has 0 bridgehead atoms. The van der Waals surface area contributed by atoms with E-state index in [-0.39, 0.29) is 12.6 Å². The van der Waals surface area contributed by atoms with E-state index in [2.05, 4.69) is 35.4 Å². The molecule has 2 rings (SSSR count). The van der Waals surface area contributed by atoms with E-state index in [4.69, 9.17) is 5.11 Å². The number of para-hydroxylation sites is 1. The van der Waals surface area contributed by atoms with E-state index in [0.29, 0.717) is 6.54 Å². The predicted octanol–water partition coefficient (Wildman–Crippen LogP) is 1.04. The van der Waals surface area contributed by atoms with Gasteiger partial charge >= 0.3 is 0 Å². The van der Waals surface area contributed by atoms with Gasteiger partial charge in [0.15, 0.2) is 0 Å². The molecule has 0 aliphatic rings. The van der Waals surface area contributed by atoms with Crippen molar-refractivity contribution in [3.8, 4) is 0 Å². The van der Waals surface area contributed by atoms with E-state index < -0.39 is 6.10 Å². The minimum atomic E-state index is -0.685. The Kier molecular flexibility index (Phi) is 4.36. The molecule has 0 saturated carbocycles. The number of hydrogen-bond acceptors (Lipinski definition) is 3. The monoisotopic (exact) mass is 248 g/mol. The van der Waals surface area contributed by atoms with Gasteiger partial charge in [-0.2, -0.15) is 0 Å². The number of aliphatic hydroxyl groups excluding tert-OH is 2. The van der Waals surface area contributed by atoms with E-state index in [1.807, 2.05) is 12.1 Å². The number of fused-ring (bicyclic) bond motifs is 1. The van der Waals surface area contributed by atoms with Crippen LogP contribution in [0, 0.1) is 0 Å². The van der Waals surface area contributed by atoms with Crippen LogP contribution in [-0.2, 0) is 6.42 Å². The summed E-state index contributed by atoms with van der Waals surface area (Å²) in [5.41, 5.74) is 2.32. The Hall–Kier alpha value is -1.36. The molecule has 4 N–H and O–H groups in total. The number of rotatable bonds is 6. The first-order valence-electron chi connectivity index (χ1n) is 6.28. The average Bonchev–Trinajstić information content (AvgIpc) is 2.77. The summed E-state index contributed by atoms with van der Waals surface area (Å²) >= 11 is 0. The smallest absolute Gasteiger partial charge is 0.0895 e. The van der Waals surface area contributed by atoms with Gasteiger partial charge in [-0.1, -0.05) is 18.2 Å². The predicted molar refractivity (Wildman–Crippen MR) is 72.6 cm³/mol. The van der Waals surface area contributed by atoms with Crippen LogP contribution in [0.25, 0.3) is 10.9 Å². The number of aromatic amines is 1. The van der Waals surface area contributed by atoms with E-state index in [9.17, 15) is 5.11 Å². The second-order valence-electron chi connectivity index (χ2n) is 4.73. The van der Waals surface area contributed by atoms with Crippen molar-refractivity contribution in [1.82, 2.24) is 10.3 Å². The fraction of sp³-hybridized carbons (Fsp3) is 0.429. The lowest BCUT2D eigenvalue weighted by atomic mass is 10.1. The Morgan fingerprint density at radius 1 is 1.33 bits per heavy atom. The van der Waals surface area contributed by atoms with Gasteiger partial charge in [-0.15, -0.1) is 0 Å². The first-order valence-corrected chi connectivity index (χ1v) is 6.28. The molecule has 0 spiro atoms. The summed E-state index contributed by atoms with van der Waals surface area (Å²) in [5.74, 6) is 0. The van der Waals surface area contributed by atoms with E-state index in [0.717, 1.165) is 11.9 Å². The van der Waals surface area contributed by atoms with Gasteiger partial charge in [0.1, 0.15) is 0 Å². The molecule has 0 radical (unpaired) electrons. The second-order valence-corrected chi connectivity index (χ2v) is 4.73. The van der Waals surface area contributed by atoms with Gasteiger partial charge in [0.2, 0.25) is 0 Å². The largest absolute Gasteiger partial charge is 0.394 e. The molecule has 0 saturated heterocycles. The van der Waals surface area contributed by atoms with E-state index in [1.165, 1.54) is 11.1 Å². The van der Waals surface area contributed by atoms with Gasteiger partial charge < -0.3 is 20.5 Å². The molecule has 0 fully saturated rings. The molecule has 1 unspecified atom stereocenters. The maximum absolute atomic E-state index is 9.27. The highest BCUT2D eigenvalue weighted by atomic mass is 16.3. The Balaban J connectivity index is 1.92. The minimum absolute atomic E-state index is 0.202. The third kappa shape index (κ3) is 3.32. The summed E-state index contributed by atoms with van der Waals surface area (Å²) in [6.45, 7) is 2.28. The molecule has 98 valence electrons. The normalized spacial score (nSPS) is 14.8. The minimum Gasteiger partial charge on any atom is -0.394 e. The molecule has 0 aliphatic heterocycles. The van der Waals surface area contributed by atoms with Crippen molar-refractivity contribution in [2.45, 2.75) is 25.5 Å². The molecule has 0 amide bonds. The maximum Gasteiger partial charge on any atom is 0.0895 e. The van der Waals surface area contributed by atoms with Gasteiger partial charge in [0.25, 0.3) is 0 Å². The molecule has 1 heterocycles. The van der Waals surface area contributed by atoms with E-state index in [1.54, 1.807) is 0 Å². The summed E-state index contributed by atoms with van der Waals surface area (Å²) in [6, 6.07) is 10.6. The Morgan fingerprint density at radius 3 is 2.83 bits per heavy atom. The van der Waals surface area contributed by atoms with Crippen molar-refractivity contribution in [2.75, 3.05) is 13.2 Å². The van der Waals surface area contributed by atoms with Crippen LogP contribution in [0.15, 0.2) is 30.3 Å². The average molecular weight is 248 g/mol. The summed E-state index contributed by atoms with van der Waals surface area (Å²) in [7, 11) is 0. The number of benzene rings is 1. The zero-order chi connectivity index (χ0) is 13.0. The van der Waals surface area contributed by atoms with Gasteiger partial charge in [0.05, 0.1) is 12.7 Å². The second kappa shape index (κ2) is 6.00. The van der Waals surface area contributed by atoms with Crippen molar-refractivity contribution in [2.24, 2.45) is 0 Å². The molecule has 4 nitrogen and oxygen atoms in total. The fourth-order valence-electron chi connectivity index (χ4n) is 2.05. The molecule has 1 aromatic carbocycles. The van der Waals surface area contributed by atoms with Crippen LogP contribution in [0.4, 0.5) is 0 Å². The Morgan fingerprint density at radius 2 is 2.11 bits per heavy atom. The highest BCUT2D eigenvalue weighted by molar-refractivity contribution is 5.80. The van der Waals surface area contributed by atoms with Crippen LogP contribution < -0.4 is 5.32 Å². The number of aromatic nitrogens is 1. The standard InChI is InChI=1S/C14H20N2O2/c1-10(15-8-13(18)9-17)6-12-7-11-4-2-3-5-14(11)16-12/h2-5,7,10,13,15-18H,6,8-9H2,1H3/t10?,13-/m0/s1. The maximum atomic E-state index is 9.27. The fourth-order valence-corrected chi connectivity index (χ4v) is 2.05. The zero-order valence-electron chi connectivity index (χ0n) is 10.6. The Labute approximate surface area is 107 Å². The SMILES string of the molecule is CC(Cc1cc2ccccc2[nH]1)NC[C@H](O)CO. The van der Waals surface area contributed by atoms with Crippen molar-refractivity contribution < 1.29 is 10.2 Å². The van der Waals surface area contributed by atoms with Crippen LogP contribution in [0.3, 0.4) is 0 Å². The highest BCUT2D eigenvalue weighted by Crippen LogP contribution is 2.15. The topological polar surface area (TPSA) is 68.3 Å². The summed E-state index contributed by atoms with van der Waals surface area (Å²) in [5, 5.41) is 22.4. The van der Waals surface area contributed by atoms with Crippen LogP contribution in [0.1, 0.15) is 12.6 Å². The summed E-state index contributed by atoms with van der Waals surface area (Å²) < 4.78 is 0. The third-order valence-corrected chi connectivity index (χ3v) is 3.02. The van der Waals surface area contributed by atoms with Crippen molar-refractivity contribution in [3.63, 3.8) is 0 Å². The zero-order valence-corrected chi connectivity index (χ0v) is 10.6. The number of aliphatic hydroxyl groups is 2. The number of hydrogen-bond donors (Lipinski definition) is 4. The molecular formula is C14H20N2O2. The van der Waals surface area contributed by atoms with Gasteiger partial charge in [0, 0.05) is 30.2 Å². The first-order chi connectivity index (χ1) is 8.69. The van der Waals surface area contributed by atoms with Crippen molar-refractivity contribution in [3.05, 3.63) is 36.0 Å². The number of nitrogens with one attached hydrogen (secondary N) is 2. The Bertz CT molecular complexity index is 462. The van der Waals surface area contributed by atoms with Crippen LogP contribution in [0.2, 0.25) is 0 Å². The van der Waals surface area contributed by atoms with Crippen molar-refractivity contribution in [1.29, 1.82) is 0 Å². The van der Waals surface area contributed by atoms with Crippen molar-refractivity contribution >= 4 is 10.9 Å². The number of H-pyrrole nitrogens is 1. The third-order valence-electron chi connectivity index (χ3n) is 3.02. The lowest BCUT2D eigenvalue weighted by molar-refractivity contribution is 0.0923. The highest BCUT2D eigenvalue weighted by Gasteiger charge is 2.08. The summed E-state index contributed by atoms with van der Waals surface area (Å²) in [4.78, 5) is 3.38. The lowest BCUT2D eigenvalue weighted by Crippen LogP contribution is -2.36. The summed E-state index contributed by atoms with van der Waals surface area (Å²) in [6.07, 6.45) is 0.183. The van der Waals surface area contributed by atoms with E-state index >= 15 is 0 Å². The molecule has 4 heteroatoms. The first kappa shape index (κ1) is 13.1. The van der Waals surface area contributed by atoms with Crippen LogP contribution >= 0.6 is 0 Å². The molecular weight excluding hydrogens is 228 g/mol. The van der Waals surface area contributed by atoms with Gasteiger partial charge in [-0.05, 0) is 24.4 Å². The lowest BCUT2D eigenvalue weighted by Gasteiger charge is -2.15. The van der Waals surface area contributed by atoms with Gasteiger partial charge in [-0.3, -0.25) is 0 Å². The molecule has 1 aromatic heterocycles. The van der Waals surface area contributed by atoms with Crippen LogP contribution in [0.5, 0.6) is 0 Å². The molecule has 0 aliphatic carbocycles. The van der Waals surface area contributed by atoms with Crippen LogP contribution in [-0.4, -0.2) is 40.5 Å². The molecule has 18 heavy (non-hydrogen) atoms.